The highest BCUT2D eigenvalue weighted by Crippen LogP contribution is 2.29. The maximum absolute atomic E-state index is 13.0. The molecule has 4 aromatic rings. The lowest BCUT2D eigenvalue weighted by Gasteiger charge is -2.13. The number of aryl methyl sites for hydroxylation is 2. The second-order valence-corrected chi connectivity index (χ2v) is 8.28. The summed E-state index contributed by atoms with van der Waals surface area (Å²) in [5.41, 5.74) is 4.71. The molecule has 0 saturated carbocycles. The van der Waals surface area contributed by atoms with Crippen LogP contribution >= 0.6 is 11.8 Å². The fraction of sp³-hybridized carbons (Fsp3) is 0.167. The topological polar surface area (TPSA) is 72.7 Å². The summed E-state index contributed by atoms with van der Waals surface area (Å²) in [5.74, 6) is 0.345. The lowest BCUT2D eigenvalue weighted by atomic mass is 10.1. The number of halogens is 1. The smallest absolute Gasteiger partial charge is 0.230 e. The minimum atomic E-state index is -0.301. The molecular formula is C24H22FN5OS. The van der Waals surface area contributed by atoms with Crippen LogP contribution in [0.2, 0.25) is 0 Å². The number of hydrogen-bond donors (Lipinski definition) is 1. The summed E-state index contributed by atoms with van der Waals surface area (Å²) in [5, 5.41) is 12.2. The summed E-state index contributed by atoms with van der Waals surface area (Å²) in [6.07, 6.45) is 1.71. The molecule has 4 rings (SSSR count). The highest BCUT2D eigenvalue weighted by Gasteiger charge is 2.19. The number of nitrogens with one attached hydrogen (secondary N) is 1. The quantitative estimate of drug-likeness (QED) is 0.423. The van der Waals surface area contributed by atoms with Crippen LogP contribution in [0.4, 0.5) is 4.39 Å². The van der Waals surface area contributed by atoms with Crippen molar-refractivity contribution in [1.82, 2.24) is 25.1 Å². The zero-order valence-corrected chi connectivity index (χ0v) is 18.6. The number of rotatable bonds is 7. The van der Waals surface area contributed by atoms with E-state index in [1.807, 2.05) is 48.7 Å². The summed E-state index contributed by atoms with van der Waals surface area (Å²) in [6.45, 7) is 4.42. The van der Waals surface area contributed by atoms with Crippen molar-refractivity contribution in [1.29, 1.82) is 0 Å². The molecule has 0 atom stereocenters. The van der Waals surface area contributed by atoms with Gasteiger partial charge in [-0.25, -0.2) is 4.39 Å². The summed E-state index contributed by atoms with van der Waals surface area (Å²) < 4.78 is 15.0. The van der Waals surface area contributed by atoms with Gasteiger partial charge in [0.2, 0.25) is 5.91 Å². The summed E-state index contributed by atoms with van der Waals surface area (Å²) in [6, 6.07) is 17.9. The van der Waals surface area contributed by atoms with Crippen LogP contribution in [0.1, 0.15) is 16.7 Å². The molecule has 0 spiro atoms. The average Bonchev–Trinajstić information content (AvgIpc) is 3.21. The zero-order valence-electron chi connectivity index (χ0n) is 17.7. The minimum Gasteiger partial charge on any atom is -0.351 e. The highest BCUT2D eigenvalue weighted by atomic mass is 32.2. The molecule has 2 aromatic carbocycles. The fourth-order valence-electron chi connectivity index (χ4n) is 3.28. The third-order valence-electron chi connectivity index (χ3n) is 4.86. The van der Waals surface area contributed by atoms with Gasteiger partial charge in [-0.3, -0.25) is 14.3 Å². The first-order valence-corrected chi connectivity index (χ1v) is 11.1. The number of pyridine rings is 1. The Morgan fingerprint density at radius 3 is 2.59 bits per heavy atom. The molecule has 0 aliphatic rings. The van der Waals surface area contributed by atoms with Crippen LogP contribution < -0.4 is 5.32 Å². The number of amides is 1. The van der Waals surface area contributed by atoms with E-state index in [1.165, 1.54) is 23.9 Å². The fourth-order valence-corrected chi connectivity index (χ4v) is 4.06. The van der Waals surface area contributed by atoms with E-state index >= 15 is 0 Å². The standard InChI is InChI=1S/C24H22FN5OS/c1-16-6-11-21(17(2)13-16)30-23(20-5-3-4-12-26-20)28-29-24(30)32-15-22(31)27-14-18-7-9-19(25)10-8-18/h3-13H,14-15H2,1-2H3,(H,27,31). The van der Waals surface area contributed by atoms with Crippen molar-refractivity contribution < 1.29 is 9.18 Å². The second kappa shape index (κ2) is 9.74. The molecule has 1 N–H and O–H groups in total. The molecule has 2 aromatic heterocycles. The van der Waals surface area contributed by atoms with Crippen molar-refractivity contribution in [3.8, 4) is 17.2 Å². The van der Waals surface area contributed by atoms with Gasteiger partial charge < -0.3 is 5.32 Å². The first-order valence-electron chi connectivity index (χ1n) is 10.1. The molecule has 0 unspecified atom stereocenters. The Balaban J connectivity index is 1.55. The van der Waals surface area contributed by atoms with Crippen LogP contribution in [0, 0.1) is 19.7 Å². The van der Waals surface area contributed by atoms with Gasteiger partial charge in [-0.15, -0.1) is 10.2 Å². The summed E-state index contributed by atoms with van der Waals surface area (Å²) >= 11 is 1.31. The van der Waals surface area contributed by atoms with Gasteiger partial charge in [-0.2, -0.15) is 0 Å². The summed E-state index contributed by atoms with van der Waals surface area (Å²) in [4.78, 5) is 16.8. The van der Waals surface area contributed by atoms with E-state index in [-0.39, 0.29) is 17.5 Å². The maximum atomic E-state index is 13.0. The lowest BCUT2D eigenvalue weighted by molar-refractivity contribution is -0.118. The van der Waals surface area contributed by atoms with Gasteiger partial charge in [0.25, 0.3) is 0 Å². The van der Waals surface area contributed by atoms with E-state index in [2.05, 4.69) is 26.6 Å². The molecule has 1 amide bonds. The van der Waals surface area contributed by atoms with Crippen molar-refractivity contribution >= 4 is 17.7 Å². The number of nitrogens with zero attached hydrogens (tertiary/aromatic N) is 4. The van der Waals surface area contributed by atoms with Crippen LogP contribution in [-0.4, -0.2) is 31.4 Å². The van der Waals surface area contributed by atoms with E-state index in [1.54, 1.807) is 18.3 Å². The number of carbonyl (C=O) groups excluding carboxylic acids is 1. The van der Waals surface area contributed by atoms with Crippen LogP contribution in [0.25, 0.3) is 17.2 Å². The van der Waals surface area contributed by atoms with Crippen molar-refractivity contribution in [3.63, 3.8) is 0 Å². The van der Waals surface area contributed by atoms with Crippen LogP contribution in [0.3, 0.4) is 0 Å². The Bertz CT molecular complexity index is 1230. The third-order valence-corrected chi connectivity index (χ3v) is 5.78. The Morgan fingerprint density at radius 1 is 1.06 bits per heavy atom. The predicted molar refractivity (Wildman–Crippen MR) is 123 cm³/mol. The van der Waals surface area contributed by atoms with Gasteiger partial charge in [0, 0.05) is 12.7 Å². The Labute approximate surface area is 189 Å². The number of benzene rings is 2. The van der Waals surface area contributed by atoms with Gasteiger partial charge >= 0.3 is 0 Å². The molecule has 0 bridgehead atoms. The van der Waals surface area contributed by atoms with E-state index < -0.39 is 0 Å². The third kappa shape index (κ3) is 5.03. The SMILES string of the molecule is Cc1ccc(-n2c(SCC(=O)NCc3ccc(F)cc3)nnc2-c2ccccn2)c(C)c1. The molecule has 2 heterocycles. The van der Waals surface area contributed by atoms with Gasteiger partial charge in [0.05, 0.1) is 11.4 Å². The van der Waals surface area contributed by atoms with E-state index in [0.717, 1.165) is 22.4 Å². The minimum absolute atomic E-state index is 0.145. The Kier molecular flexibility index (Phi) is 6.61. The largest absolute Gasteiger partial charge is 0.351 e. The van der Waals surface area contributed by atoms with Crippen LogP contribution in [0.15, 0.2) is 72.0 Å². The van der Waals surface area contributed by atoms with Crippen molar-refractivity contribution in [2.75, 3.05) is 5.75 Å². The molecule has 0 fully saturated rings. The van der Waals surface area contributed by atoms with Gasteiger partial charge in [0.1, 0.15) is 11.5 Å². The highest BCUT2D eigenvalue weighted by molar-refractivity contribution is 7.99. The van der Waals surface area contributed by atoms with Gasteiger partial charge in [-0.05, 0) is 55.3 Å². The first-order chi connectivity index (χ1) is 15.5. The maximum Gasteiger partial charge on any atom is 0.230 e. The number of thioether (sulfide) groups is 1. The Morgan fingerprint density at radius 2 is 1.88 bits per heavy atom. The Hall–Kier alpha value is -3.52. The lowest BCUT2D eigenvalue weighted by Crippen LogP contribution is -2.24. The summed E-state index contributed by atoms with van der Waals surface area (Å²) in [7, 11) is 0. The predicted octanol–water partition coefficient (Wildman–Crippen LogP) is 4.49. The second-order valence-electron chi connectivity index (χ2n) is 7.34. The molecule has 0 aliphatic carbocycles. The molecule has 0 saturated heterocycles. The van der Waals surface area contributed by atoms with Gasteiger partial charge in [0.15, 0.2) is 11.0 Å². The molecule has 6 nitrogen and oxygen atoms in total. The average molecular weight is 448 g/mol. The zero-order chi connectivity index (χ0) is 22.5. The van der Waals surface area contributed by atoms with E-state index in [0.29, 0.717) is 23.2 Å². The van der Waals surface area contributed by atoms with Gasteiger partial charge in [-0.1, -0.05) is 47.7 Å². The molecule has 32 heavy (non-hydrogen) atoms. The molecule has 162 valence electrons. The monoisotopic (exact) mass is 447 g/mol. The van der Waals surface area contributed by atoms with Crippen molar-refractivity contribution in [2.45, 2.75) is 25.5 Å². The normalized spacial score (nSPS) is 10.8. The molecular weight excluding hydrogens is 425 g/mol. The number of hydrogen-bond acceptors (Lipinski definition) is 5. The number of carbonyl (C=O) groups is 1. The number of aromatic nitrogens is 4. The van der Waals surface area contributed by atoms with Crippen LogP contribution in [0.5, 0.6) is 0 Å². The van der Waals surface area contributed by atoms with Crippen molar-refractivity contribution in [2.24, 2.45) is 0 Å². The first kappa shape index (κ1) is 21.7. The molecule has 0 radical (unpaired) electrons. The molecule has 0 aliphatic heterocycles. The van der Waals surface area contributed by atoms with Crippen molar-refractivity contribution in [3.05, 3.63) is 89.4 Å². The molecule has 8 heteroatoms. The van der Waals surface area contributed by atoms with Crippen LogP contribution in [-0.2, 0) is 11.3 Å². The van der Waals surface area contributed by atoms with E-state index in [4.69, 9.17) is 0 Å². The van der Waals surface area contributed by atoms with E-state index in [9.17, 15) is 9.18 Å².